The maximum atomic E-state index is 9.56. The van der Waals surface area contributed by atoms with E-state index in [-0.39, 0.29) is 0 Å². The first-order valence-electron chi connectivity index (χ1n) is 6.64. The average Bonchev–Trinajstić information content (AvgIpc) is 2.94. The molecule has 0 unspecified atom stereocenters. The predicted octanol–water partition coefficient (Wildman–Crippen LogP) is 3.74. The van der Waals surface area contributed by atoms with E-state index in [1.54, 1.807) is 12.5 Å². The van der Waals surface area contributed by atoms with Crippen molar-refractivity contribution in [3.8, 4) is 5.75 Å². The van der Waals surface area contributed by atoms with Gasteiger partial charge in [0.2, 0.25) is 0 Å². The topological polar surface area (TPSA) is 42.1 Å². The molecule has 0 radical (unpaired) electrons. The van der Waals surface area contributed by atoms with Crippen molar-refractivity contribution in [1.29, 1.82) is 0 Å². The van der Waals surface area contributed by atoms with Crippen LogP contribution in [0.2, 0.25) is 0 Å². The summed E-state index contributed by atoms with van der Waals surface area (Å²) >= 11 is 0. The van der Waals surface area contributed by atoms with Crippen LogP contribution in [0.15, 0.2) is 60.8 Å². The van der Waals surface area contributed by atoms with E-state index in [1.807, 2.05) is 48.7 Å². The van der Waals surface area contributed by atoms with Crippen molar-refractivity contribution >= 4 is 21.7 Å². The molecule has 0 aliphatic carbocycles. The summed E-state index contributed by atoms with van der Waals surface area (Å²) in [5, 5.41) is 1.13. The van der Waals surface area contributed by atoms with Gasteiger partial charge in [-0.15, -0.1) is 0 Å². The van der Waals surface area contributed by atoms with E-state index >= 15 is 0 Å². The van der Waals surface area contributed by atoms with Gasteiger partial charge < -0.3 is 9.72 Å². The molecule has 1 heterocycles. The van der Waals surface area contributed by atoms with E-state index in [9.17, 15) is 4.21 Å². The molecule has 2 aromatic carbocycles. The summed E-state index contributed by atoms with van der Waals surface area (Å²) in [6.45, 7) is 0.602. The van der Waals surface area contributed by atoms with Crippen molar-refractivity contribution < 1.29 is 8.95 Å². The molecule has 0 saturated heterocycles. The number of ether oxygens (including phenoxy) is 1. The smallest absolute Gasteiger partial charge is 0.129 e. The lowest BCUT2D eigenvalue weighted by molar-refractivity contribution is 0.310. The highest BCUT2D eigenvalue weighted by molar-refractivity contribution is 7.83. The maximum Gasteiger partial charge on any atom is 0.129 e. The van der Waals surface area contributed by atoms with Crippen LogP contribution < -0.4 is 4.74 Å². The Morgan fingerprint density at radius 2 is 1.71 bits per heavy atom. The summed E-state index contributed by atoms with van der Waals surface area (Å²) < 4.78 is 15.4. The molecule has 21 heavy (non-hydrogen) atoms. The molecule has 0 atom stereocenters. The highest BCUT2D eigenvalue weighted by Crippen LogP contribution is 2.25. The van der Waals surface area contributed by atoms with Gasteiger partial charge in [0.05, 0.1) is 0 Å². The third-order valence-electron chi connectivity index (χ3n) is 2.79. The Kier molecular flexibility index (Phi) is 5.58. The maximum absolute atomic E-state index is 9.56. The molecule has 0 saturated carbocycles. The van der Waals surface area contributed by atoms with Gasteiger partial charge in [-0.3, -0.25) is 4.21 Å². The number of hydrogen-bond donors (Lipinski definition) is 1. The van der Waals surface area contributed by atoms with Crippen LogP contribution in [-0.2, 0) is 17.4 Å². The van der Waals surface area contributed by atoms with Gasteiger partial charge in [-0.1, -0.05) is 36.4 Å². The first-order valence-corrected chi connectivity index (χ1v) is 8.61. The van der Waals surface area contributed by atoms with Gasteiger partial charge in [0, 0.05) is 40.4 Å². The minimum atomic E-state index is -0.611. The van der Waals surface area contributed by atoms with Crippen LogP contribution in [0.1, 0.15) is 5.56 Å². The number of H-pyrrole nitrogens is 1. The van der Waals surface area contributed by atoms with Crippen LogP contribution in [0.5, 0.6) is 5.75 Å². The van der Waals surface area contributed by atoms with Crippen molar-refractivity contribution in [3.05, 3.63) is 66.4 Å². The fourth-order valence-electron chi connectivity index (χ4n) is 1.92. The predicted molar refractivity (Wildman–Crippen MR) is 89.1 cm³/mol. The minimum Gasteiger partial charge on any atom is -0.488 e. The highest BCUT2D eigenvalue weighted by Gasteiger charge is 2.02. The second-order valence-electron chi connectivity index (χ2n) is 4.71. The van der Waals surface area contributed by atoms with Gasteiger partial charge >= 0.3 is 0 Å². The Balaban J connectivity index is 0.000000361. The fourth-order valence-corrected chi connectivity index (χ4v) is 1.92. The van der Waals surface area contributed by atoms with Gasteiger partial charge in [-0.05, 0) is 23.8 Å². The van der Waals surface area contributed by atoms with E-state index in [4.69, 9.17) is 4.74 Å². The lowest BCUT2D eigenvalue weighted by Crippen LogP contribution is -1.94. The third kappa shape index (κ3) is 4.76. The van der Waals surface area contributed by atoms with Crippen LogP contribution in [0, 0.1) is 0 Å². The number of aromatic nitrogens is 1. The van der Waals surface area contributed by atoms with Crippen LogP contribution in [0.25, 0.3) is 10.9 Å². The van der Waals surface area contributed by atoms with Crippen LogP contribution in [0.3, 0.4) is 0 Å². The minimum absolute atomic E-state index is 0.602. The summed E-state index contributed by atoms with van der Waals surface area (Å²) in [6, 6.07) is 18.3. The molecule has 0 aliphatic heterocycles. The molecular weight excluding hydrogens is 282 g/mol. The number of hydrogen-bond acceptors (Lipinski definition) is 2. The Morgan fingerprint density at radius 3 is 2.43 bits per heavy atom. The van der Waals surface area contributed by atoms with Gasteiger partial charge in [0.15, 0.2) is 0 Å². The Bertz CT molecular complexity index is 703. The SMILES string of the molecule is CS(C)=O.c1ccc(COc2cccc3[nH]ccc23)cc1. The molecular formula is C17H19NO2S. The Hall–Kier alpha value is -2.07. The Morgan fingerprint density at radius 1 is 1.00 bits per heavy atom. The number of nitrogens with one attached hydrogen (secondary N) is 1. The standard InChI is InChI=1S/C15H13NO.C2H6OS/c1-2-5-12(6-3-1)11-17-15-8-4-7-14-13(15)9-10-16-14;1-4(2)3/h1-10,16H,11H2;1-2H3. The molecule has 1 aromatic heterocycles. The van der Waals surface area contributed by atoms with E-state index in [2.05, 4.69) is 17.1 Å². The lowest BCUT2D eigenvalue weighted by Gasteiger charge is -2.07. The van der Waals surface area contributed by atoms with Crippen LogP contribution >= 0.6 is 0 Å². The monoisotopic (exact) mass is 301 g/mol. The van der Waals surface area contributed by atoms with Crippen LogP contribution in [-0.4, -0.2) is 21.7 Å². The number of aromatic amines is 1. The van der Waals surface area contributed by atoms with Gasteiger partial charge in [-0.2, -0.15) is 0 Å². The summed E-state index contributed by atoms with van der Waals surface area (Å²) in [7, 11) is -0.611. The molecule has 3 aromatic rings. The first kappa shape index (κ1) is 15.3. The summed E-state index contributed by atoms with van der Waals surface area (Å²) in [4.78, 5) is 3.18. The summed E-state index contributed by atoms with van der Waals surface area (Å²) in [5.74, 6) is 0.924. The second-order valence-corrected chi connectivity index (χ2v) is 6.19. The molecule has 3 rings (SSSR count). The van der Waals surface area contributed by atoms with E-state index in [1.165, 1.54) is 5.56 Å². The van der Waals surface area contributed by atoms with Crippen molar-refractivity contribution in [1.82, 2.24) is 4.98 Å². The van der Waals surface area contributed by atoms with Crippen molar-refractivity contribution in [2.75, 3.05) is 12.5 Å². The highest BCUT2D eigenvalue weighted by atomic mass is 32.2. The molecule has 1 N–H and O–H groups in total. The second kappa shape index (κ2) is 7.64. The molecule has 3 nitrogen and oxygen atoms in total. The molecule has 0 spiro atoms. The van der Waals surface area contributed by atoms with E-state index < -0.39 is 10.8 Å². The first-order chi connectivity index (χ1) is 10.2. The largest absolute Gasteiger partial charge is 0.488 e. The molecule has 0 aliphatic rings. The lowest BCUT2D eigenvalue weighted by atomic mass is 10.2. The van der Waals surface area contributed by atoms with Gasteiger partial charge in [0.25, 0.3) is 0 Å². The van der Waals surface area contributed by atoms with Gasteiger partial charge in [0.1, 0.15) is 12.4 Å². The van der Waals surface area contributed by atoms with Crippen molar-refractivity contribution in [2.24, 2.45) is 0 Å². The zero-order chi connectivity index (χ0) is 15.1. The molecule has 0 bridgehead atoms. The molecule has 0 amide bonds. The average molecular weight is 301 g/mol. The normalized spacial score (nSPS) is 10.2. The quantitative estimate of drug-likeness (QED) is 0.800. The van der Waals surface area contributed by atoms with E-state index in [0.717, 1.165) is 16.7 Å². The molecule has 110 valence electrons. The van der Waals surface area contributed by atoms with Gasteiger partial charge in [-0.25, -0.2) is 0 Å². The summed E-state index contributed by atoms with van der Waals surface area (Å²) in [5.41, 5.74) is 2.29. The zero-order valence-corrected chi connectivity index (χ0v) is 13.0. The van der Waals surface area contributed by atoms with Crippen LogP contribution in [0.4, 0.5) is 0 Å². The summed E-state index contributed by atoms with van der Waals surface area (Å²) in [6.07, 6.45) is 5.21. The molecule has 0 fully saturated rings. The van der Waals surface area contributed by atoms with E-state index in [0.29, 0.717) is 6.61 Å². The van der Waals surface area contributed by atoms with Crippen molar-refractivity contribution in [3.63, 3.8) is 0 Å². The molecule has 4 heteroatoms. The van der Waals surface area contributed by atoms with Crippen molar-refractivity contribution in [2.45, 2.75) is 6.61 Å². The number of benzene rings is 2. The Labute approximate surface area is 127 Å². The third-order valence-corrected chi connectivity index (χ3v) is 2.79. The number of rotatable bonds is 3. The fraction of sp³-hybridized carbons (Fsp3) is 0.176. The number of fused-ring (bicyclic) bond motifs is 1. The zero-order valence-electron chi connectivity index (χ0n) is 12.2.